The predicted molar refractivity (Wildman–Crippen MR) is 120 cm³/mol. The molecule has 11 heteroatoms. The zero-order chi connectivity index (χ0) is 23.5. The Kier molecular flexibility index (Phi) is 4.87. The molecule has 0 aliphatic carbocycles. The molecule has 1 N–H and O–H groups in total. The molecule has 4 amide bonds. The third-order valence-corrected chi connectivity index (χ3v) is 6.96. The van der Waals surface area contributed by atoms with Crippen LogP contribution in [0.25, 0.3) is 0 Å². The molecule has 2 aromatic carbocycles. The number of hydrogen-bond donors (Lipinski definition) is 1. The number of carbonyl (C=O) groups excluding carboxylic acids is 3. The number of amides is 4. The Labute approximate surface area is 193 Å². The summed E-state index contributed by atoms with van der Waals surface area (Å²) in [5, 5.41) is 14.2. The first-order valence-electron chi connectivity index (χ1n) is 10.4. The van der Waals surface area contributed by atoms with Gasteiger partial charge < -0.3 is 9.80 Å². The van der Waals surface area contributed by atoms with Crippen molar-refractivity contribution in [3.63, 3.8) is 0 Å². The van der Waals surface area contributed by atoms with Crippen molar-refractivity contribution in [2.45, 2.75) is 12.5 Å². The van der Waals surface area contributed by atoms with Crippen LogP contribution in [0.15, 0.2) is 42.5 Å². The van der Waals surface area contributed by atoms with Crippen LogP contribution in [0, 0.1) is 15.5 Å². The number of nitrogens with one attached hydrogen (secondary N) is 1. The first kappa shape index (κ1) is 21.4. The fourth-order valence-electron chi connectivity index (χ4n) is 5.08. The number of hydrogen-bond acceptors (Lipinski definition) is 7. The van der Waals surface area contributed by atoms with Crippen LogP contribution >= 0.6 is 11.6 Å². The van der Waals surface area contributed by atoms with Crippen molar-refractivity contribution in [3.8, 4) is 0 Å². The van der Waals surface area contributed by atoms with E-state index in [-0.39, 0.29) is 17.8 Å². The van der Waals surface area contributed by atoms with Gasteiger partial charge in [0.2, 0.25) is 5.91 Å². The number of fused-ring (bicyclic) bond motifs is 4. The lowest BCUT2D eigenvalue weighted by molar-refractivity contribution is -0.384. The Morgan fingerprint density at radius 1 is 1.12 bits per heavy atom. The SMILES string of the molecule is CN1CCN2c3ccc([N+](=O)[O-])cc3C[C@]3(C(=O)NC(=O)N(c4ccc(Cl)cc4)C3=O)[C@@H]2C1. The Balaban J connectivity index is 1.68. The molecule has 1 spiro atoms. The molecule has 5 rings (SSSR count). The molecular weight excluding hydrogens is 450 g/mol. The van der Waals surface area contributed by atoms with Gasteiger partial charge in [-0.3, -0.25) is 25.0 Å². The van der Waals surface area contributed by atoms with Crippen LogP contribution in [-0.4, -0.2) is 60.4 Å². The summed E-state index contributed by atoms with van der Waals surface area (Å²) in [6.45, 7) is 1.64. The third-order valence-electron chi connectivity index (χ3n) is 6.70. The van der Waals surface area contributed by atoms with Crippen LogP contribution < -0.4 is 15.1 Å². The van der Waals surface area contributed by atoms with Crippen molar-refractivity contribution in [2.24, 2.45) is 5.41 Å². The maximum atomic E-state index is 14.0. The Morgan fingerprint density at radius 2 is 1.85 bits per heavy atom. The first-order valence-corrected chi connectivity index (χ1v) is 10.8. The molecule has 0 bridgehead atoms. The van der Waals surface area contributed by atoms with Gasteiger partial charge >= 0.3 is 6.03 Å². The lowest BCUT2D eigenvalue weighted by Crippen LogP contribution is -2.75. The Morgan fingerprint density at radius 3 is 2.55 bits per heavy atom. The second-order valence-electron chi connectivity index (χ2n) is 8.57. The van der Waals surface area contributed by atoms with Gasteiger partial charge in [0.15, 0.2) is 5.41 Å². The van der Waals surface area contributed by atoms with Crippen molar-refractivity contribution in [1.29, 1.82) is 0 Å². The second kappa shape index (κ2) is 7.53. The van der Waals surface area contributed by atoms with E-state index in [9.17, 15) is 24.5 Å². The molecule has 3 aliphatic rings. The lowest BCUT2D eigenvalue weighted by atomic mass is 9.67. The smallest absolute Gasteiger partial charge is 0.335 e. The molecule has 3 aliphatic heterocycles. The number of nitrogens with zero attached hydrogens (tertiary/aromatic N) is 4. The molecule has 2 atom stereocenters. The lowest BCUT2D eigenvalue weighted by Gasteiger charge is -2.54. The van der Waals surface area contributed by atoms with Gasteiger partial charge in [-0.25, -0.2) is 9.69 Å². The van der Waals surface area contributed by atoms with Crippen molar-refractivity contribution in [1.82, 2.24) is 10.2 Å². The predicted octanol–water partition coefficient (Wildman–Crippen LogP) is 2.19. The van der Waals surface area contributed by atoms with Crippen LogP contribution in [0.2, 0.25) is 5.02 Å². The maximum Gasteiger partial charge on any atom is 0.335 e. The van der Waals surface area contributed by atoms with Crippen LogP contribution in [-0.2, 0) is 16.0 Å². The number of anilines is 2. The van der Waals surface area contributed by atoms with E-state index < -0.39 is 34.2 Å². The normalized spacial score (nSPS) is 25.0. The highest BCUT2D eigenvalue weighted by Gasteiger charge is 2.63. The number of imide groups is 2. The molecule has 2 saturated heterocycles. The highest BCUT2D eigenvalue weighted by molar-refractivity contribution is 6.32. The number of rotatable bonds is 2. The molecule has 0 unspecified atom stereocenters. The average Bonchev–Trinajstić information content (AvgIpc) is 2.78. The van der Waals surface area contributed by atoms with E-state index in [1.807, 2.05) is 16.8 Å². The number of barbiturate groups is 1. The van der Waals surface area contributed by atoms with Gasteiger partial charge in [-0.05, 0) is 42.9 Å². The monoisotopic (exact) mass is 469 g/mol. The molecule has 10 nitrogen and oxygen atoms in total. The molecule has 2 fully saturated rings. The molecule has 2 aromatic rings. The van der Waals surface area contributed by atoms with E-state index in [1.54, 1.807) is 18.2 Å². The van der Waals surface area contributed by atoms with E-state index in [4.69, 9.17) is 11.6 Å². The number of nitro benzene ring substituents is 1. The van der Waals surface area contributed by atoms with Crippen molar-refractivity contribution in [3.05, 3.63) is 63.2 Å². The summed E-state index contributed by atoms with van der Waals surface area (Å²) in [6.07, 6.45) is -0.0545. The molecule has 170 valence electrons. The molecule has 0 radical (unpaired) electrons. The Bertz CT molecular complexity index is 1200. The van der Waals surface area contributed by atoms with Crippen molar-refractivity contribution < 1.29 is 19.3 Å². The summed E-state index contributed by atoms with van der Waals surface area (Å²) in [6, 6.07) is 9.31. The molecule has 0 saturated carbocycles. The van der Waals surface area contributed by atoms with Crippen LogP contribution in [0.1, 0.15) is 5.56 Å². The van der Waals surface area contributed by atoms with E-state index in [0.29, 0.717) is 30.2 Å². The number of urea groups is 1. The van der Waals surface area contributed by atoms with Crippen LogP contribution in [0.4, 0.5) is 21.9 Å². The number of halogens is 1. The Hall–Kier alpha value is -3.50. The minimum absolute atomic E-state index is 0.0545. The molecular formula is C22H20ClN5O5. The summed E-state index contributed by atoms with van der Waals surface area (Å²) in [5.41, 5.74) is -0.177. The zero-order valence-electron chi connectivity index (χ0n) is 17.7. The molecule has 3 heterocycles. The zero-order valence-corrected chi connectivity index (χ0v) is 18.4. The number of nitro groups is 1. The van der Waals surface area contributed by atoms with Gasteiger partial charge in [-0.2, -0.15) is 0 Å². The summed E-state index contributed by atoms with van der Waals surface area (Å²) in [5.74, 6) is -1.34. The van der Waals surface area contributed by atoms with E-state index in [2.05, 4.69) is 5.32 Å². The van der Waals surface area contributed by atoms with Crippen molar-refractivity contribution >= 4 is 46.5 Å². The number of piperazine rings is 1. The fraction of sp³-hybridized carbons (Fsp3) is 0.318. The summed E-state index contributed by atoms with van der Waals surface area (Å²) >= 11 is 5.97. The molecule has 33 heavy (non-hydrogen) atoms. The van der Waals surface area contributed by atoms with E-state index in [0.717, 1.165) is 10.6 Å². The first-order chi connectivity index (χ1) is 15.7. The van der Waals surface area contributed by atoms with Crippen LogP contribution in [0.5, 0.6) is 0 Å². The number of carbonyl (C=O) groups is 3. The average molecular weight is 470 g/mol. The number of benzene rings is 2. The van der Waals surface area contributed by atoms with Crippen molar-refractivity contribution in [2.75, 3.05) is 36.5 Å². The summed E-state index contributed by atoms with van der Waals surface area (Å²) in [4.78, 5) is 56.1. The van der Waals surface area contributed by atoms with Gasteiger partial charge in [0.1, 0.15) is 0 Å². The van der Waals surface area contributed by atoms with E-state index in [1.165, 1.54) is 24.3 Å². The van der Waals surface area contributed by atoms with Gasteiger partial charge in [0.25, 0.3) is 11.6 Å². The highest BCUT2D eigenvalue weighted by Crippen LogP contribution is 2.47. The fourth-order valence-corrected chi connectivity index (χ4v) is 5.21. The van der Waals surface area contributed by atoms with Gasteiger partial charge in [0.05, 0.1) is 16.7 Å². The van der Waals surface area contributed by atoms with E-state index >= 15 is 0 Å². The van der Waals surface area contributed by atoms with Gasteiger partial charge in [-0.15, -0.1) is 0 Å². The maximum absolute atomic E-state index is 14.0. The molecule has 0 aromatic heterocycles. The minimum atomic E-state index is -1.63. The second-order valence-corrected chi connectivity index (χ2v) is 9.00. The minimum Gasteiger partial charge on any atom is -0.364 e. The number of non-ortho nitro benzene ring substituents is 1. The summed E-state index contributed by atoms with van der Waals surface area (Å²) in [7, 11) is 1.91. The standard InChI is InChI=1S/C22H20ClN5O5/c1-25-8-9-26-17-7-6-16(28(32)33)10-13(17)11-22(18(26)12-25)19(29)24-21(31)27(20(22)30)15-4-2-14(23)3-5-15/h2-7,10,18H,8-9,11-12H2,1H3,(H,24,29,31)/t18-,22+/m0/s1. The van der Waals surface area contributed by atoms with Crippen LogP contribution in [0.3, 0.4) is 0 Å². The topological polar surface area (TPSA) is 116 Å². The van der Waals surface area contributed by atoms with Gasteiger partial charge in [0, 0.05) is 48.9 Å². The third kappa shape index (κ3) is 3.17. The largest absolute Gasteiger partial charge is 0.364 e. The summed E-state index contributed by atoms with van der Waals surface area (Å²) < 4.78 is 0. The van der Waals surface area contributed by atoms with Gasteiger partial charge in [-0.1, -0.05) is 11.6 Å². The quantitative estimate of drug-likeness (QED) is 0.407. The highest BCUT2D eigenvalue weighted by atomic mass is 35.5. The number of likely N-dealkylation sites (N-methyl/N-ethyl adjacent to an activating group) is 1.